The van der Waals surface area contributed by atoms with Gasteiger partial charge in [-0.05, 0) is 31.0 Å². The molecule has 1 atom stereocenters. The van der Waals surface area contributed by atoms with Crippen molar-refractivity contribution >= 4 is 11.6 Å². The maximum Gasteiger partial charge on any atom is 0.271 e. The summed E-state index contributed by atoms with van der Waals surface area (Å²) in [5.74, 6) is -0.282. The molecule has 0 bridgehead atoms. The number of H-pyrrole nitrogens is 1. The van der Waals surface area contributed by atoms with Gasteiger partial charge in [-0.2, -0.15) is 5.10 Å². The van der Waals surface area contributed by atoms with E-state index in [0.717, 1.165) is 13.0 Å². The van der Waals surface area contributed by atoms with Crippen LogP contribution in [0.5, 0.6) is 0 Å². The standard InChI is InChI=1S/C16H18N4O2/c1-11(20-9-8-12-4-2-3-5-14(12)20)10-17-16(22)13-6-7-15(21)19-18-13/h2-7,11H,8-10H2,1H3,(H,17,22)(H,19,21)/t11-/m1/s1. The van der Waals surface area contributed by atoms with E-state index in [4.69, 9.17) is 0 Å². The minimum atomic E-state index is -0.321. The lowest BCUT2D eigenvalue weighted by Gasteiger charge is -2.27. The van der Waals surface area contributed by atoms with Gasteiger partial charge in [0.05, 0.1) is 0 Å². The summed E-state index contributed by atoms with van der Waals surface area (Å²) >= 11 is 0. The van der Waals surface area contributed by atoms with Crippen molar-refractivity contribution in [2.75, 3.05) is 18.0 Å². The molecule has 0 saturated heterocycles. The lowest BCUT2D eigenvalue weighted by atomic mass is 10.2. The van der Waals surface area contributed by atoms with Crippen LogP contribution in [-0.2, 0) is 6.42 Å². The van der Waals surface area contributed by atoms with E-state index in [9.17, 15) is 9.59 Å². The van der Waals surface area contributed by atoms with Gasteiger partial charge < -0.3 is 10.2 Å². The van der Waals surface area contributed by atoms with Crippen molar-refractivity contribution in [3.63, 3.8) is 0 Å². The third kappa shape index (κ3) is 2.86. The number of aromatic nitrogens is 2. The summed E-state index contributed by atoms with van der Waals surface area (Å²) in [5.41, 5.74) is 2.49. The maximum absolute atomic E-state index is 12.0. The van der Waals surface area contributed by atoms with Crippen molar-refractivity contribution in [2.45, 2.75) is 19.4 Å². The fourth-order valence-corrected chi connectivity index (χ4v) is 2.73. The molecule has 0 unspecified atom stereocenters. The molecule has 6 nitrogen and oxygen atoms in total. The Kier molecular flexibility index (Phi) is 3.91. The second-order valence-electron chi connectivity index (χ2n) is 5.44. The van der Waals surface area contributed by atoms with Gasteiger partial charge in [-0.15, -0.1) is 0 Å². The predicted octanol–water partition coefficient (Wildman–Crippen LogP) is 0.951. The highest BCUT2D eigenvalue weighted by Gasteiger charge is 2.23. The Morgan fingerprint density at radius 2 is 2.18 bits per heavy atom. The summed E-state index contributed by atoms with van der Waals surface area (Å²) in [4.78, 5) is 25.3. The van der Waals surface area contributed by atoms with Gasteiger partial charge in [0.25, 0.3) is 11.5 Å². The van der Waals surface area contributed by atoms with Gasteiger partial charge in [0.2, 0.25) is 0 Å². The Balaban J connectivity index is 1.61. The molecule has 0 fully saturated rings. The normalized spacial score (nSPS) is 14.5. The first-order chi connectivity index (χ1) is 10.6. The largest absolute Gasteiger partial charge is 0.366 e. The van der Waals surface area contributed by atoms with Gasteiger partial charge in [-0.3, -0.25) is 9.59 Å². The van der Waals surface area contributed by atoms with E-state index in [0.29, 0.717) is 6.54 Å². The molecule has 1 aromatic heterocycles. The molecule has 0 saturated carbocycles. The van der Waals surface area contributed by atoms with Crippen LogP contribution in [-0.4, -0.2) is 35.2 Å². The highest BCUT2D eigenvalue weighted by Crippen LogP contribution is 2.28. The van der Waals surface area contributed by atoms with Crippen molar-refractivity contribution in [3.8, 4) is 0 Å². The summed E-state index contributed by atoms with van der Waals surface area (Å²) in [5, 5.41) is 8.85. The zero-order valence-corrected chi connectivity index (χ0v) is 12.4. The Hall–Kier alpha value is -2.63. The van der Waals surface area contributed by atoms with Gasteiger partial charge in [0, 0.05) is 30.9 Å². The van der Waals surface area contributed by atoms with Crippen LogP contribution in [0, 0.1) is 0 Å². The van der Waals surface area contributed by atoms with E-state index < -0.39 is 0 Å². The molecule has 0 spiro atoms. The van der Waals surface area contributed by atoms with E-state index >= 15 is 0 Å². The number of carbonyl (C=O) groups is 1. The Morgan fingerprint density at radius 1 is 1.36 bits per heavy atom. The summed E-state index contributed by atoms with van der Waals surface area (Å²) in [6.07, 6.45) is 1.04. The number of rotatable bonds is 4. The van der Waals surface area contributed by atoms with Crippen LogP contribution in [0.15, 0.2) is 41.2 Å². The predicted molar refractivity (Wildman–Crippen MR) is 84.1 cm³/mol. The van der Waals surface area contributed by atoms with Crippen molar-refractivity contribution < 1.29 is 4.79 Å². The average Bonchev–Trinajstić information content (AvgIpc) is 2.97. The lowest BCUT2D eigenvalue weighted by molar-refractivity contribution is 0.0945. The van der Waals surface area contributed by atoms with Crippen molar-refractivity contribution in [1.29, 1.82) is 0 Å². The van der Waals surface area contributed by atoms with E-state index in [2.05, 4.69) is 45.5 Å². The molecule has 0 radical (unpaired) electrons. The molecular formula is C16H18N4O2. The molecule has 1 aromatic carbocycles. The van der Waals surface area contributed by atoms with Crippen molar-refractivity contribution in [1.82, 2.24) is 15.5 Å². The molecule has 3 rings (SSSR count). The quantitative estimate of drug-likeness (QED) is 0.881. The summed E-state index contributed by atoms with van der Waals surface area (Å²) in [7, 11) is 0. The van der Waals surface area contributed by atoms with Crippen molar-refractivity contribution in [2.24, 2.45) is 0 Å². The third-order valence-corrected chi connectivity index (χ3v) is 3.92. The first kappa shape index (κ1) is 14.3. The molecule has 1 aliphatic heterocycles. The summed E-state index contributed by atoms with van der Waals surface area (Å²) < 4.78 is 0. The number of anilines is 1. The molecule has 2 heterocycles. The summed E-state index contributed by atoms with van der Waals surface area (Å²) in [6.45, 7) is 3.57. The highest BCUT2D eigenvalue weighted by molar-refractivity contribution is 5.92. The van der Waals surface area contributed by atoms with E-state index in [-0.39, 0.29) is 23.2 Å². The fourth-order valence-electron chi connectivity index (χ4n) is 2.73. The Labute approximate surface area is 128 Å². The zero-order valence-electron chi connectivity index (χ0n) is 12.4. The molecule has 1 amide bonds. The molecule has 6 heteroatoms. The molecule has 2 aromatic rings. The van der Waals surface area contributed by atoms with Gasteiger partial charge in [0.15, 0.2) is 0 Å². The Morgan fingerprint density at radius 3 is 2.95 bits per heavy atom. The number of amides is 1. The van der Waals surface area contributed by atoms with Gasteiger partial charge in [0.1, 0.15) is 5.69 Å². The van der Waals surface area contributed by atoms with Crippen LogP contribution < -0.4 is 15.8 Å². The number of hydrogen-bond donors (Lipinski definition) is 2. The fraction of sp³-hybridized carbons (Fsp3) is 0.312. The molecule has 1 aliphatic rings. The number of fused-ring (bicyclic) bond motifs is 1. The molecule has 0 aliphatic carbocycles. The second kappa shape index (κ2) is 6.01. The Bertz CT molecular complexity index is 720. The number of benzene rings is 1. The van der Waals surface area contributed by atoms with Crippen LogP contribution in [0.25, 0.3) is 0 Å². The first-order valence-corrected chi connectivity index (χ1v) is 7.33. The topological polar surface area (TPSA) is 78.1 Å². The average molecular weight is 298 g/mol. The van der Waals surface area contributed by atoms with Crippen LogP contribution >= 0.6 is 0 Å². The molecule has 2 N–H and O–H groups in total. The molecular weight excluding hydrogens is 280 g/mol. The second-order valence-corrected chi connectivity index (χ2v) is 5.44. The third-order valence-electron chi connectivity index (χ3n) is 3.92. The van der Waals surface area contributed by atoms with Crippen LogP contribution in [0.4, 0.5) is 5.69 Å². The number of hydrogen-bond acceptors (Lipinski definition) is 4. The van der Waals surface area contributed by atoms with Crippen LogP contribution in [0.3, 0.4) is 0 Å². The smallest absolute Gasteiger partial charge is 0.271 e. The SMILES string of the molecule is C[C@H](CNC(=O)c1ccc(=O)[nH]n1)N1CCc2ccccc21. The van der Waals surface area contributed by atoms with Gasteiger partial charge in [-0.25, -0.2) is 5.10 Å². The van der Waals surface area contributed by atoms with E-state index in [1.807, 2.05) is 6.07 Å². The maximum atomic E-state index is 12.0. The minimum Gasteiger partial charge on any atom is -0.366 e. The van der Waals surface area contributed by atoms with E-state index in [1.54, 1.807) is 0 Å². The monoisotopic (exact) mass is 298 g/mol. The number of aromatic amines is 1. The van der Waals surface area contributed by atoms with Crippen LogP contribution in [0.1, 0.15) is 23.0 Å². The number of nitrogens with one attached hydrogen (secondary N) is 2. The van der Waals surface area contributed by atoms with Crippen molar-refractivity contribution in [3.05, 3.63) is 58.0 Å². The van der Waals surface area contributed by atoms with E-state index in [1.165, 1.54) is 23.4 Å². The number of carbonyl (C=O) groups excluding carboxylic acids is 1. The van der Waals surface area contributed by atoms with Crippen LogP contribution in [0.2, 0.25) is 0 Å². The van der Waals surface area contributed by atoms with Gasteiger partial charge >= 0.3 is 0 Å². The zero-order chi connectivity index (χ0) is 15.5. The summed E-state index contributed by atoms with van der Waals surface area (Å²) in [6, 6.07) is 11.3. The minimum absolute atomic E-state index is 0.190. The first-order valence-electron chi connectivity index (χ1n) is 7.33. The number of para-hydroxylation sites is 1. The number of nitrogens with zero attached hydrogens (tertiary/aromatic N) is 2. The lowest BCUT2D eigenvalue weighted by Crippen LogP contribution is -2.41. The highest BCUT2D eigenvalue weighted by atomic mass is 16.2. The van der Waals surface area contributed by atoms with Gasteiger partial charge in [-0.1, -0.05) is 18.2 Å². The molecule has 114 valence electrons. The molecule has 22 heavy (non-hydrogen) atoms.